The van der Waals surface area contributed by atoms with Crippen LogP contribution in [0.1, 0.15) is 37.7 Å². The van der Waals surface area contributed by atoms with Crippen LogP contribution in [0, 0.1) is 5.82 Å². The highest BCUT2D eigenvalue weighted by atomic mass is 19.1. The summed E-state index contributed by atoms with van der Waals surface area (Å²) in [6.07, 6.45) is 2.92. The van der Waals surface area contributed by atoms with Crippen molar-refractivity contribution in [3.05, 3.63) is 59.9 Å². The average Bonchev–Trinajstić information content (AvgIpc) is 2.73. The number of methoxy groups -OCH3 is 1. The summed E-state index contributed by atoms with van der Waals surface area (Å²) in [5.41, 5.74) is 1.51. The number of urea groups is 1. The fourth-order valence-electron chi connectivity index (χ4n) is 4.08. The van der Waals surface area contributed by atoms with E-state index in [1.54, 1.807) is 25.3 Å². The first-order valence-corrected chi connectivity index (χ1v) is 10.3. The zero-order valence-corrected chi connectivity index (χ0v) is 17.2. The third kappa shape index (κ3) is 5.70. The van der Waals surface area contributed by atoms with Gasteiger partial charge in [0.1, 0.15) is 11.6 Å². The van der Waals surface area contributed by atoms with E-state index in [0.29, 0.717) is 18.0 Å². The molecule has 0 spiro atoms. The molecule has 3 rings (SSSR count). The lowest BCUT2D eigenvalue weighted by Crippen LogP contribution is -2.43. The summed E-state index contributed by atoms with van der Waals surface area (Å²) in [6.45, 7) is 4.66. The largest absolute Gasteiger partial charge is 0.497 e. The highest BCUT2D eigenvalue weighted by molar-refractivity contribution is 5.89. The number of halogens is 1. The zero-order chi connectivity index (χ0) is 20.6. The summed E-state index contributed by atoms with van der Waals surface area (Å²) in [4.78, 5) is 14.5. The van der Waals surface area contributed by atoms with Crippen molar-refractivity contribution in [3.8, 4) is 5.75 Å². The minimum atomic E-state index is -0.228. The van der Waals surface area contributed by atoms with Crippen LogP contribution in [0.3, 0.4) is 0 Å². The molecule has 5 nitrogen and oxygen atoms in total. The summed E-state index contributed by atoms with van der Waals surface area (Å²) >= 11 is 0. The van der Waals surface area contributed by atoms with Crippen molar-refractivity contribution < 1.29 is 13.9 Å². The van der Waals surface area contributed by atoms with Gasteiger partial charge in [-0.05, 0) is 56.5 Å². The molecule has 6 heteroatoms. The van der Waals surface area contributed by atoms with E-state index < -0.39 is 0 Å². The third-order valence-electron chi connectivity index (χ3n) is 5.66. The molecule has 1 saturated heterocycles. The molecule has 156 valence electrons. The summed E-state index contributed by atoms with van der Waals surface area (Å²) in [6, 6.07) is 14.4. The zero-order valence-electron chi connectivity index (χ0n) is 17.2. The second-order valence-electron chi connectivity index (χ2n) is 7.51. The van der Waals surface area contributed by atoms with E-state index in [9.17, 15) is 9.18 Å². The first kappa shape index (κ1) is 21.1. The predicted molar refractivity (Wildman–Crippen MR) is 114 cm³/mol. The molecule has 0 aliphatic carbocycles. The van der Waals surface area contributed by atoms with Crippen LogP contribution in [0.4, 0.5) is 14.9 Å². The molecule has 2 atom stereocenters. The molecule has 0 aromatic heterocycles. The lowest BCUT2D eigenvalue weighted by molar-refractivity contribution is 0.136. The number of carbonyl (C=O) groups is 1. The maximum absolute atomic E-state index is 14.2. The number of rotatable bonds is 7. The highest BCUT2D eigenvalue weighted by Crippen LogP contribution is 2.33. The van der Waals surface area contributed by atoms with E-state index in [0.717, 1.165) is 37.9 Å². The van der Waals surface area contributed by atoms with Crippen molar-refractivity contribution in [2.45, 2.75) is 38.1 Å². The molecule has 2 unspecified atom stereocenters. The topological polar surface area (TPSA) is 53.6 Å². The van der Waals surface area contributed by atoms with Crippen LogP contribution in [0.5, 0.6) is 5.75 Å². The van der Waals surface area contributed by atoms with Crippen molar-refractivity contribution in [1.82, 2.24) is 10.2 Å². The highest BCUT2D eigenvalue weighted by Gasteiger charge is 2.30. The van der Waals surface area contributed by atoms with E-state index in [2.05, 4.69) is 22.5 Å². The molecular formula is C23H30FN3O2. The second kappa shape index (κ2) is 10.3. The Kier molecular flexibility index (Phi) is 7.47. The number of nitrogens with zero attached hydrogens (tertiary/aromatic N) is 1. The van der Waals surface area contributed by atoms with Gasteiger partial charge in [-0.2, -0.15) is 0 Å². The summed E-state index contributed by atoms with van der Waals surface area (Å²) in [7, 11) is 1.59. The van der Waals surface area contributed by atoms with Crippen molar-refractivity contribution >= 4 is 11.7 Å². The molecule has 2 aromatic carbocycles. The molecule has 1 aliphatic rings. The first-order chi connectivity index (χ1) is 14.1. The lowest BCUT2D eigenvalue weighted by Gasteiger charge is -2.40. The van der Waals surface area contributed by atoms with Crippen LogP contribution in [-0.2, 0) is 0 Å². The Morgan fingerprint density at radius 2 is 2.07 bits per heavy atom. The van der Waals surface area contributed by atoms with Gasteiger partial charge in [0, 0.05) is 36.8 Å². The molecule has 0 saturated carbocycles. The van der Waals surface area contributed by atoms with E-state index in [4.69, 9.17) is 4.74 Å². The maximum Gasteiger partial charge on any atom is 0.319 e. The Morgan fingerprint density at radius 3 is 2.86 bits per heavy atom. The molecule has 0 radical (unpaired) electrons. The quantitative estimate of drug-likeness (QED) is 0.669. The maximum atomic E-state index is 14.2. The summed E-state index contributed by atoms with van der Waals surface area (Å²) < 4.78 is 19.4. The van der Waals surface area contributed by atoms with E-state index in [1.807, 2.05) is 30.3 Å². The van der Waals surface area contributed by atoms with E-state index in [-0.39, 0.29) is 23.8 Å². The molecular weight excluding hydrogens is 369 g/mol. The van der Waals surface area contributed by atoms with Gasteiger partial charge in [0.2, 0.25) is 0 Å². The number of likely N-dealkylation sites (tertiary alicyclic amines) is 1. The van der Waals surface area contributed by atoms with Crippen LogP contribution in [0.15, 0.2) is 48.5 Å². The second-order valence-corrected chi connectivity index (χ2v) is 7.51. The van der Waals surface area contributed by atoms with Gasteiger partial charge >= 0.3 is 6.03 Å². The number of anilines is 1. The molecule has 1 aliphatic heterocycles. The van der Waals surface area contributed by atoms with Gasteiger partial charge in [-0.1, -0.05) is 24.3 Å². The Hall–Kier alpha value is -2.60. The number of ether oxygens (including phenoxy) is 1. The lowest BCUT2D eigenvalue weighted by atomic mass is 9.84. The number of amides is 2. The van der Waals surface area contributed by atoms with Crippen molar-refractivity contribution in [2.24, 2.45) is 0 Å². The molecule has 1 heterocycles. The van der Waals surface area contributed by atoms with Crippen LogP contribution < -0.4 is 15.4 Å². The average molecular weight is 400 g/mol. The minimum absolute atomic E-state index is 0.109. The molecule has 29 heavy (non-hydrogen) atoms. The minimum Gasteiger partial charge on any atom is -0.497 e. The number of hydrogen-bond donors (Lipinski definition) is 2. The first-order valence-electron chi connectivity index (χ1n) is 10.3. The number of benzene rings is 2. The van der Waals surface area contributed by atoms with Crippen LogP contribution in [0.2, 0.25) is 0 Å². The smallest absolute Gasteiger partial charge is 0.319 e. The van der Waals surface area contributed by atoms with Gasteiger partial charge in [-0.25, -0.2) is 9.18 Å². The van der Waals surface area contributed by atoms with Crippen LogP contribution in [0.25, 0.3) is 0 Å². The van der Waals surface area contributed by atoms with Crippen LogP contribution in [-0.4, -0.2) is 43.7 Å². The molecule has 1 fully saturated rings. The number of hydrogen-bond acceptors (Lipinski definition) is 3. The van der Waals surface area contributed by atoms with Gasteiger partial charge in [0.15, 0.2) is 0 Å². The molecule has 2 N–H and O–H groups in total. The Morgan fingerprint density at radius 1 is 1.24 bits per heavy atom. The SMILES string of the molecule is COc1cccc(NC(=O)NCCCN2CCCC(c3ccccc3F)C2C)c1. The number of nitrogens with one attached hydrogen (secondary N) is 2. The van der Waals surface area contributed by atoms with Gasteiger partial charge in [0.05, 0.1) is 7.11 Å². The Labute approximate surface area is 172 Å². The van der Waals surface area contributed by atoms with Gasteiger partial charge in [-0.15, -0.1) is 0 Å². The van der Waals surface area contributed by atoms with E-state index in [1.165, 1.54) is 0 Å². The standard InChI is InChI=1S/C23H30FN3O2/c1-17-20(21-10-3-4-12-22(21)24)11-6-14-27(17)15-7-13-25-23(28)26-18-8-5-9-19(16-18)29-2/h3-5,8-10,12,16-17,20H,6-7,11,13-15H2,1-2H3,(H2,25,26,28). The molecule has 2 aromatic rings. The Bertz CT molecular complexity index is 814. The summed E-state index contributed by atoms with van der Waals surface area (Å²) in [5.74, 6) is 0.808. The normalized spacial score (nSPS) is 19.6. The van der Waals surface area contributed by atoms with Crippen molar-refractivity contribution in [2.75, 3.05) is 32.1 Å². The Balaban J connectivity index is 1.44. The van der Waals surface area contributed by atoms with E-state index >= 15 is 0 Å². The monoisotopic (exact) mass is 399 g/mol. The number of piperidine rings is 1. The fraction of sp³-hybridized carbons (Fsp3) is 0.435. The van der Waals surface area contributed by atoms with Crippen molar-refractivity contribution in [1.29, 1.82) is 0 Å². The molecule has 0 bridgehead atoms. The van der Waals surface area contributed by atoms with Crippen LogP contribution >= 0.6 is 0 Å². The predicted octanol–water partition coefficient (Wildman–Crippen LogP) is 4.61. The fourth-order valence-corrected chi connectivity index (χ4v) is 4.08. The van der Waals surface area contributed by atoms with Gasteiger partial charge in [-0.3, -0.25) is 4.90 Å². The van der Waals surface area contributed by atoms with Gasteiger partial charge in [0.25, 0.3) is 0 Å². The third-order valence-corrected chi connectivity index (χ3v) is 5.66. The van der Waals surface area contributed by atoms with Crippen molar-refractivity contribution in [3.63, 3.8) is 0 Å². The van der Waals surface area contributed by atoms with Gasteiger partial charge < -0.3 is 15.4 Å². The summed E-state index contributed by atoms with van der Waals surface area (Å²) in [5, 5.41) is 5.71. The number of carbonyl (C=O) groups excluding carboxylic acids is 1. The molecule has 2 amide bonds.